The van der Waals surface area contributed by atoms with Gasteiger partial charge in [-0.3, -0.25) is 0 Å². The molecule has 0 spiro atoms. The number of aromatic nitrogens is 1. The summed E-state index contributed by atoms with van der Waals surface area (Å²) in [7, 11) is -3.88. The third-order valence-corrected chi connectivity index (χ3v) is 7.56. The van der Waals surface area contributed by atoms with E-state index in [-0.39, 0.29) is 26.5 Å². The summed E-state index contributed by atoms with van der Waals surface area (Å²) in [5.41, 5.74) is 2.92. The van der Waals surface area contributed by atoms with Gasteiger partial charge in [0.2, 0.25) is 0 Å². The zero-order chi connectivity index (χ0) is 27.2. The fraction of sp³-hybridized carbons (Fsp3) is 0.121. The van der Waals surface area contributed by atoms with Crippen molar-refractivity contribution in [2.24, 2.45) is 8.80 Å². The smallest absolute Gasteiger partial charge is 0.305 e. The van der Waals surface area contributed by atoms with E-state index in [4.69, 9.17) is 0 Å². The zero-order valence-electron chi connectivity index (χ0n) is 22.1. The fourth-order valence-corrected chi connectivity index (χ4v) is 5.69. The summed E-state index contributed by atoms with van der Waals surface area (Å²) in [6.45, 7) is 6.33. The molecule has 0 N–H and O–H groups in total. The largest absolute Gasteiger partial charge is 2.00 e. The van der Waals surface area contributed by atoms with Crippen LogP contribution in [0.5, 0.6) is 0 Å². The third kappa shape index (κ3) is 5.22. The summed E-state index contributed by atoms with van der Waals surface area (Å²) < 4.78 is 32.4. The van der Waals surface area contributed by atoms with Gasteiger partial charge in [-0.05, 0) is 27.9 Å². The maximum Gasteiger partial charge on any atom is 2.00 e. The zero-order valence-corrected chi connectivity index (χ0v) is 25.2. The molecular weight excluding hydrogens is 698 g/mol. The molecule has 7 heteroatoms. The molecule has 5 aromatic carbocycles. The van der Waals surface area contributed by atoms with Gasteiger partial charge in [-0.25, -0.2) is 0 Å². The van der Waals surface area contributed by atoms with E-state index in [0.29, 0.717) is 16.1 Å². The molecule has 0 radical (unpaired) electrons. The topological polar surface area (TPSA) is 71.8 Å². The van der Waals surface area contributed by atoms with Crippen molar-refractivity contribution in [3.8, 4) is 11.3 Å². The van der Waals surface area contributed by atoms with Crippen LogP contribution in [0.3, 0.4) is 0 Å². The van der Waals surface area contributed by atoms with E-state index in [9.17, 15) is 8.42 Å². The van der Waals surface area contributed by atoms with E-state index in [1.54, 1.807) is 6.20 Å². The van der Waals surface area contributed by atoms with Crippen molar-refractivity contribution in [2.45, 2.75) is 26.2 Å². The number of hydrogen-bond acceptors (Lipinski definition) is 3. The van der Waals surface area contributed by atoms with E-state index >= 15 is 0 Å². The van der Waals surface area contributed by atoms with Gasteiger partial charge in [0.05, 0.1) is 5.36 Å². The summed E-state index contributed by atoms with van der Waals surface area (Å²) in [5, 5.41) is 6.30. The van der Waals surface area contributed by atoms with Crippen molar-refractivity contribution in [3.63, 3.8) is 0 Å². The summed E-state index contributed by atoms with van der Waals surface area (Å²) >= 11 is 0. The van der Waals surface area contributed by atoms with Gasteiger partial charge >= 0.3 is 31.3 Å². The minimum atomic E-state index is -3.88. The van der Waals surface area contributed by atoms with Crippen LogP contribution in [0.15, 0.2) is 106 Å². The number of nitrogens with zero attached hydrogens (tertiary/aromatic N) is 3. The summed E-state index contributed by atoms with van der Waals surface area (Å²) in [6.07, 6.45) is 1.79. The third-order valence-electron chi connectivity index (χ3n) is 6.73. The van der Waals surface area contributed by atoms with Crippen molar-refractivity contribution in [1.29, 1.82) is 0 Å². The van der Waals surface area contributed by atoms with E-state index in [1.807, 2.05) is 78.9 Å². The van der Waals surface area contributed by atoms with E-state index < -0.39 is 10.2 Å². The molecule has 40 heavy (non-hydrogen) atoms. The second-order valence-electron chi connectivity index (χ2n) is 10.4. The second-order valence-corrected chi connectivity index (χ2v) is 11.7. The average Bonchev–Trinajstić information content (AvgIpc) is 3.28. The Hall–Kier alpha value is -3.73. The van der Waals surface area contributed by atoms with Crippen LogP contribution in [-0.2, 0) is 36.7 Å². The molecule has 0 atom stereocenters. The van der Waals surface area contributed by atoms with Gasteiger partial charge in [0.1, 0.15) is 0 Å². The van der Waals surface area contributed by atoms with Crippen molar-refractivity contribution in [3.05, 3.63) is 126 Å². The van der Waals surface area contributed by atoms with Gasteiger partial charge in [0.15, 0.2) is 0 Å². The molecule has 0 bridgehead atoms. The van der Waals surface area contributed by atoms with E-state index in [2.05, 4.69) is 58.8 Å². The first-order valence-electron chi connectivity index (χ1n) is 12.6. The van der Waals surface area contributed by atoms with Crippen molar-refractivity contribution in [1.82, 2.24) is 4.98 Å². The fourth-order valence-electron chi connectivity index (χ4n) is 4.83. The van der Waals surface area contributed by atoms with Crippen LogP contribution in [0.25, 0.3) is 43.6 Å². The van der Waals surface area contributed by atoms with Crippen LogP contribution in [-0.4, -0.2) is 13.4 Å². The van der Waals surface area contributed by atoms with Crippen LogP contribution in [0.2, 0.25) is 0 Å². The van der Waals surface area contributed by atoms with Crippen LogP contribution in [0.4, 0.5) is 0 Å². The molecule has 1 aliphatic rings. The van der Waals surface area contributed by atoms with Crippen LogP contribution < -0.4 is 10.7 Å². The van der Waals surface area contributed by atoms with Crippen LogP contribution in [0.1, 0.15) is 26.3 Å². The predicted molar refractivity (Wildman–Crippen MR) is 156 cm³/mol. The number of benzene rings is 5. The number of hydrogen-bond donors (Lipinski definition) is 0. The Kier molecular flexibility index (Phi) is 7.43. The van der Waals surface area contributed by atoms with E-state index in [0.717, 1.165) is 43.8 Å². The molecule has 0 unspecified atom stereocenters. The first-order valence-corrected chi connectivity index (χ1v) is 14.0. The Morgan fingerprint density at radius 3 is 2.17 bits per heavy atom. The molecule has 0 amide bonds. The SMILES string of the molecule is CC(C)(C)c1[c-]c2c3c(c4c5ccccc5ccc4c2cc1)=NS(=O)(=O)N=3.[Pt+2].[c-]1ccccc1-c1ccccn1. The van der Waals surface area contributed by atoms with Crippen molar-refractivity contribution >= 4 is 42.5 Å². The van der Waals surface area contributed by atoms with Gasteiger partial charge in [0, 0.05) is 16.9 Å². The quantitative estimate of drug-likeness (QED) is 0.148. The summed E-state index contributed by atoms with van der Waals surface area (Å²) in [6, 6.07) is 36.4. The molecule has 1 aromatic heterocycles. The Morgan fingerprint density at radius 2 is 1.45 bits per heavy atom. The Balaban J connectivity index is 0.000000209. The van der Waals surface area contributed by atoms with Gasteiger partial charge in [0.25, 0.3) is 0 Å². The summed E-state index contributed by atoms with van der Waals surface area (Å²) in [5.74, 6) is 0. The molecule has 6 aromatic rings. The maximum absolute atomic E-state index is 12.2. The molecule has 5 nitrogen and oxygen atoms in total. The second kappa shape index (κ2) is 10.7. The minimum absolute atomic E-state index is 0. The normalized spacial score (nSPS) is 13.5. The molecular formula is C33H25N3O2PtS. The molecule has 0 fully saturated rings. The standard InChI is InChI=1S/C22H17N2O2S.C11H8N.Pt/c1-22(2,3)14-9-11-16-17-10-8-13-6-4-5-7-15(13)19(17)21-20(18(16)12-14)23-27(25,26)24-21;1-2-6-10(7-3-1)11-8-4-5-9-12-11;/h4-11H,1-3H3;1-6,8-9H;/q2*-1;+2. The van der Waals surface area contributed by atoms with Gasteiger partial charge in [-0.2, -0.15) is 17.2 Å². The minimum Gasteiger partial charge on any atom is -0.305 e. The molecule has 0 saturated heterocycles. The molecule has 7 rings (SSSR count). The molecule has 1 aliphatic heterocycles. The molecule has 200 valence electrons. The number of rotatable bonds is 1. The first kappa shape index (κ1) is 27.8. The Bertz CT molecular complexity index is 2070. The first-order chi connectivity index (χ1) is 18.7. The number of pyridine rings is 1. The predicted octanol–water partition coefficient (Wildman–Crippen LogP) is 6.29. The van der Waals surface area contributed by atoms with Crippen LogP contribution in [0, 0.1) is 12.1 Å². The molecule has 0 saturated carbocycles. The van der Waals surface area contributed by atoms with Crippen molar-refractivity contribution in [2.75, 3.05) is 0 Å². The van der Waals surface area contributed by atoms with Crippen LogP contribution >= 0.6 is 0 Å². The van der Waals surface area contributed by atoms with Gasteiger partial charge < -0.3 is 4.98 Å². The Labute approximate surface area is 247 Å². The van der Waals surface area contributed by atoms with Crippen molar-refractivity contribution < 1.29 is 29.5 Å². The maximum atomic E-state index is 12.2. The Morgan fingerprint density at radius 1 is 0.725 bits per heavy atom. The summed E-state index contributed by atoms with van der Waals surface area (Å²) in [4.78, 5) is 4.22. The average molecular weight is 723 g/mol. The monoisotopic (exact) mass is 722 g/mol. The van der Waals surface area contributed by atoms with Gasteiger partial charge in [-0.15, -0.1) is 65.0 Å². The number of fused-ring (bicyclic) bond motifs is 8. The van der Waals surface area contributed by atoms with Gasteiger partial charge in [-0.1, -0.05) is 80.1 Å². The van der Waals surface area contributed by atoms with E-state index in [1.165, 1.54) is 0 Å². The molecule has 0 aliphatic carbocycles. The molecule has 2 heterocycles.